The molecule has 3 aliphatic rings. The van der Waals surface area contributed by atoms with Crippen molar-refractivity contribution in [3.05, 3.63) is 12.3 Å². The van der Waals surface area contributed by atoms with E-state index in [9.17, 15) is 4.79 Å². The Labute approximate surface area is 155 Å². The maximum atomic E-state index is 12.5. The van der Waals surface area contributed by atoms with Gasteiger partial charge in [0.25, 0.3) is 0 Å². The first-order valence-electron chi connectivity index (χ1n) is 10.0. The van der Waals surface area contributed by atoms with Crippen LogP contribution in [-0.2, 0) is 4.79 Å². The number of amides is 1. The van der Waals surface area contributed by atoms with Crippen LogP contribution in [-0.4, -0.2) is 52.5 Å². The Morgan fingerprint density at radius 1 is 1.19 bits per heavy atom. The zero-order valence-corrected chi connectivity index (χ0v) is 15.4. The first-order chi connectivity index (χ1) is 12.7. The zero-order chi connectivity index (χ0) is 17.9. The summed E-state index contributed by atoms with van der Waals surface area (Å²) in [5, 5.41) is 6.77. The minimum atomic E-state index is 0.179. The Kier molecular flexibility index (Phi) is 5.24. The normalized spacial score (nSPS) is 27.4. The monoisotopic (exact) mass is 358 g/mol. The summed E-state index contributed by atoms with van der Waals surface area (Å²) >= 11 is 0. The van der Waals surface area contributed by atoms with Crippen molar-refractivity contribution in [1.29, 1.82) is 0 Å². The largest absolute Gasteiger partial charge is 0.368 e. The van der Waals surface area contributed by atoms with Crippen molar-refractivity contribution in [2.75, 3.05) is 30.7 Å². The Morgan fingerprint density at radius 3 is 2.73 bits per heavy atom. The number of likely N-dealkylation sites (tertiary alicyclic amines) is 1. The fourth-order valence-electron chi connectivity index (χ4n) is 4.56. The Balaban J connectivity index is 1.32. The van der Waals surface area contributed by atoms with E-state index in [0.717, 1.165) is 37.7 Å². The van der Waals surface area contributed by atoms with E-state index in [2.05, 4.69) is 25.5 Å². The van der Waals surface area contributed by atoms with E-state index in [1.807, 2.05) is 6.07 Å². The summed E-state index contributed by atoms with van der Waals surface area (Å²) in [6.45, 7) is 2.37. The maximum absolute atomic E-state index is 12.5. The number of carbonyl (C=O) groups excluding carboxylic acids is 1. The molecule has 4 rings (SSSR count). The number of anilines is 2. The van der Waals surface area contributed by atoms with E-state index in [1.54, 1.807) is 6.20 Å². The van der Waals surface area contributed by atoms with E-state index in [0.29, 0.717) is 30.5 Å². The maximum Gasteiger partial charge on any atom is 0.234 e. The second-order valence-corrected chi connectivity index (χ2v) is 8.15. The first-order valence-corrected chi connectivity index (χ1v) is 10.0. The van der Waals surface area contributed by atoms with Crippen LogP contribution < -0.4 is 16.4 Å². The quantitative estimate of drug-likeness (QED) is 0.715. The SMILES string of the molecule is Nc1nccc(N[C@@H]2CN(CC(=O)NC3CCCCC3)C[C@H]2C2CC2)n1. The molecule has 0 unspecified atom stereocenters. The highest BCUT2D eigenvalue weighted by atomic mass is 16.2. The van der Waals surface area contributed by atoms with Gasteiger partial charge in [0.2, 0.25) is 11.9 Å². The summed E-state index contributed by atoms with van der Waals surface area (Å²) in [5.74, 6) is 2.60. The summed E-state index contributed by atoms with van der Waals surface area (Å²) in [4.78, 5) is 23.0. The van der Waals surface area contributed by atoms with Crippen LogP contribution in [0.15, 0.2) is 12.3 Å². The average molecular weight is 358 g/mol. The van der Waals surface area contributed by atoms with Crippen LogP contribution in [0.25, 0.3) is 0 Å². The molecule has 4 N–H and O–H groups in total. The Bertz CT molecular complexity index is 628. The number of carbonyl (C=O) groups is 1. The Hall–Kier alpha value is -1.89. The van der Waals surface area contributed by atoms with Crippen LogP contribution in [0, 0.1) is 11.8 Å². The van der Waals surface area contributed by atoms with Crippen molar-refractivity contribution in [3.63, 3.8) is 0 Å². The molecular formula is C19H30N6O. The van der Waals surface area contributed by atoms with Crippen LogP contribution in [0.1, 0.15) is 44.9 Å². The highest BCUT2D eigenvalue weighted by molar-refractivity contribution is 5.78. The van der Waals surface area contributed by atoms with Gasteiger partial charge in [-0.1, -0.05) is 19.3 Å². The molecule has 142 valence electrons. The summed E-state index contributed by atoms with van der Waals surface area (Å²) in [7, 11) is 0. The molecule has 0 bridgehead atoms. The van der Waals surface area contributed by atoms with E-state index >= 15 is 0 Å². The number of rotatable bonds is 6. The highest BCUT2D eigenvalue weighted by Gasteiger charge is 2.43. The Morgan fingerprint density at radius 2 is 2.00 bits per heavy atom. The van der Waals surface area contributed by atoms with E-state index < -0.39 is 0 Å². The molecule has 7 heteroatoms. The number of nitrogens with one attached hydrogen (secondary N) is 2. The van der Waals surface area contributed by atoms with Gasteiger partial charge >= 0.3 is 0 Å². The smallest absolute Gasteiger partial charge is 0.234 e. The first kappa shape index (κ1) is 17.5. The molecule has 1 aromatic heterocycles. The molecule has 2 atom stereocenters. The van der Waals surface area contributed by atoms with Crippen LogP contribution in [0.5, 0.6) is 0 Å². The number of nitrogens with two attached hydrogens (primary N) is 1. The summed E-state index contributed by atoms with van der Waals surface area (Å²) in [6, 6.07) is 2.56. The molecular weight excluding hydrogens is 328 g/mol. The second kappa shape index (κ2) is 7.78. The summed E-state index contributed by atoms with van der Waals surface area (Å²) < 4.78 is 0. The molecule has 2 heterocycles. The van der Waals surface area contributed by atoms with Crippen LogP contribution >= 0.6 is 0 Å². The zero-order valence-electron chi connectivity index (χ0n) is 15.4. The van der Waals surface area contributed by atoms with Gasteiger partial charge in [0.15, 0.2) is 0 Å². The van der Waals surface area contributed by atoms with Gasteiger partial charge in [-0.2, -0.15) is 4.98 Å². The molecule has 1 aliphatic heterocycles. The fourth-order valence-corrected chi connectivity index (χ4v) is 4.56. The van der Waals surface area contributed by atoms with Gasteiger partial charge in [0.1, 0.15) is 5.82 Å². The van der Waals surface area contributed by atoms with Crippen LogP contribution in [0.2, 0.25) is 0 Å². The van der Waals surface area contributed by atoms with Crippen molar-refractivity contribution in [3.8, 4) is 0 Å². The highest BCUT2D eigenvalue weighted by Crippen LogP contribution is 2.42. The topological polar surface area (TPSA) is 96.2 Å². The molecule has 1 aromatic rings. The van der Waals surface area contributed by atoms with E-state index in [1.165, 1.54) is 32.1 Å². The molecule has 3 fully saturated rings. The second-order valence-electron chi connectivity index (χ2n) is 8.15. The third-order valence-electron chi connectivity index (χ3n) is 6.01. The van der Waals surface area contributed by atoms with Crippen LogP contribution in [0.3, 0.4) is 0 Å². The molecule has 0 radical (unpaired) electrons. The number of aromatic nitrogens is 2. The molecule has 0 aromatic carbocycles. The van der Waals surface area contributed by atoms with Crippen LogP contribution in [0.4, 0.5) is 11.8 Å². The molecule has 2 saturated carbocycles. The molecule has 26 heavy (non-hydrogen) atoms. The van der Waals surface area contributed by atoms with E-state index in [4.69, 9.17) is 5.73 Å². The standard InChI is InChI=1S/C19H30N6O/c20-19-21-9-8-17(24-19)23-16-11-25(10-15(16)13-6-7-13)12-18(26)22-14-4-2-1-3-5-14/h8-9,13-16H,1-7,10-12H2,(H,22,26)(H3,20,21,23,24)/t15-,16+/m0/s1. The third-order valence-corrected chi connectivity index (χ3v) is 6.01. The van der Waals surface area contributed by atoms with Gasteiger partial charge in [-0.05, 0) is 43.6 Å². The number of nitrogen functional groups attached to an aromatic ring is 1. The van der Waals surface area contributed by atoms with Gasteiger partial charge in [0, 0.05) is 31.4 Å². The third kappa shape index (κ3) is 4.44. The van der Waals surface area contributed by atoms with E-state index in [-0.39, 0.29) is 5.91 Å². The molecule has 2 aliphatic carbocycles. The molecule has 1 saturated heterocycles. The predicted molar refractivity (Wildman–Crippen MR) is 102 cm³/mol. The molecule has 1 amide bonds. The lowest BCUT2D eigenvalue weighted by atomic mass is 9.95. The summed E-state index contributed by atoms with van der Waals surface area (Å²) in [6.07, 6.45) is 10.3. The number of nitrogens with zero attached hydrogens (tertiary/aromatic N) is 3. The molecule has 0 spiro atoms. The summed E-state index contributed by atoms with van der Waals surface area (Å²) in [5.41, 5.74) is 5.70. The number of hydrogen-bond acceptors (Lipinski definition) is 6. The van der Waals surface area contributed by atoms with Crippen molar-refractivity contribution >= 4 is 17.7 Å². The fraction of sp³-hybridized carbons (Fsp3) is 0.737. The van der Waals surface area contributed by atoms with Gasteiger partial charge in [-0.25, -0.2) is 4.98 Å². The van der Waals surface area contributed by atoms with Gasteiger partial charge in [-0.3, -0.25) is 9.69 Å². The average Bonchev–Trinajstić information content (AvgIpc) is 3.39. The van der Waals surface area contributed by atoms with Crippen molar-refractivity contribution in [2.24, 2.45) is 11.8 Å². The predicted octanol–water partition coefficient (Wildman–Crippen LogP) is 1.63. The van der Waals surface area contributed by atoms with Crippen molar-refractivity contribution in [2.45, 2.75) is 57.0 Å². The lowest BCUT2D eigenvalue weighted by Gasteiger charge is -2.24. The van der Waals surface area contributed by atoms with Gasteiger partial charge in [-0.15, -0.1) is 0 Å². The lowest BCUT2D eigenvalue weighted by Crippen LogP contribution is -2.42. The lowest BCUT2D eigenvalue weighted by molar-refractivity contribution is -0.123. The minimum Gasteiger partial charge on any atom is -0.368 e. The van der Waals surface area contributed by atoms with Gasteiger partial charge in [0.05, 0.1) is 6.54 Å². The van der Waals surface area contributed by atoms with Crippen molar-refractivity contribution in [1.82, 2.24) is 20.2 Å². The van der Waals surface area contributed by atoms with Crippen molar-refractivity contribution < 1.29 is 4.79 Å². The number of hydrogen-bond donors (Lipinski definition) is 3. The molecule has 7 nitrogen and oxygen atoms in total. The minimum absolute atomic E-state index is 0.179. The van der Waals surface area contributed by atoms with Gasteiger partial charge < -0.3 is 16.4 Å².